The van der Waals surface area contributed by atoms with Crippen molar-refractivity contribution < 1.29 is 4.39 Å². The minimum Gasteiger partial charge on any atom is -0.371 e. The average molecular weight is 217 g/mol. The second kappa shape index (κ2) is 5.14. The van der Waals surface area contributed by atoms with E-state index < -0.39 is 5.82 Å². The van der Waals surface area contributed by atoms with Gasteiger partial charge in [-0.05, 0) is 25.1 Å². The van der Waals surface area contributed by atoms with Gasteiger partial charge in [0.25, 0.3) is 0 Å². The lowest BCUT2D eigenvalue weighted by Gasteiger charge is -2.25. The molecular formula is C12H12FN3. The molecule has 3 nitrogen and oxygen atoms in total. The van der Waals surface area contributed by atoms with Crippen LogP contribution in [0.5, 0.6) is 0 Å². The molecule has 0 aliphatic carbocycles. The highest BCUT2D eigenvalue weighted by Gasteiger charge is 2.11. The molecule has 0 N–H and O–H groups in total. The van der Waals surface area contributed by atoms with E-state index in [1.54, 1.807) is 19.2 Å². The molecule has 1 unspecified atom stereocenters. The maximum Gasteiger partial charge on any atom is 0.143 e. The molecule has 0 bridgehead atoms. The van der Waals surface area contributed by atoms with Gasteiger partial charge in [-0.15, -0.1) is 0 Å². The van der Waals surface area contributed by atoms with Gasteiger partial charge in [0.15, 0.2) is 0 Å². The summed E-state index contributed by atoms with van der Waals surface area (Å²) in [6.45, 7) is 1.89. The van der Waals surface area contributed by atoms with Gasteiger partial charge in [-0.1, -0.05) is 0 Å². The third-order valence-electron chi connectivity index (χ3n) is 2.53. The summed E-state index contributed by atoms with van der Waals surface area (Å²) in [5, 5.41) is 17.2. The van der Waals surface area contributed by atoms with Crippen LogP contribution in [0.25, 0.3) is 0 Å². The van der Waals surface area contributed by atoms with Crippen LogP contribution in [0.3, 0.4) is 0 Å². The average Bonchev–Trinajstić information content (AvgIpc) is 2.28. The molecule has 16 heavy (non-hydrogen) atoms. The lowest BCUT2D eigenvalue weighted by Crippen LogP contribution is -2.28. The zero-order chi connectivity index (χ0) is 12.1. The Kier molecular flexibility index (Phi) is 3.85. The molecule has 82 valence electrons. The summed E-state index contributed by atoms with van der Waals surface area (Å²) in [7, 11) is 1.79. The Hall–Kier alpha value is -2.07. The molecule has 0 saturated carbocycles. The second-order valence-electron chi connectivity index (χ2n) is 3.60. The van der Waals surface area contributed by atoms with Crippen LogP contribution in [0, 0.1) is 28.5 Å². The maximum absolute atomic E-state index is 13.3. The van der Waals surface area contributed by atoms with Crippen molar-refractivity contribution in [2.24, 2.45) is 0 Å². The predicted octanol–water partition coefficient (Wildman–Crippen LogP) is 2.44. The van der Waals surface area contributed by atoms with E-state index in [1.165, 1.54) is 12.1 Å². The maximum atomic E-state index is 13.3. The highest BCUT2D eigenvalue weighted by atomic mass is 19.1. The number of benzene rings is 1. The number of hydrogen-bond donors (Lipinski definition) is 0. The van der Waals surface area contributed by atoms with E-state index in [2.05, 4.69) is 6.07 Å². The first kappa shape index (κ1) is 12.0. The second-order valence-corrected chi connectivity index (χ2v) is 3.60. The van der Waals surface area contributed by atoms with Gasteiger partial charge in [-0.2, -0.15) is 10.5 Å². The lowest BCUT2D eigenvalue weighted by molar-refractivity contribution is 0.620. The van der Waals surface area contributed by atoms with Crippen LogP contribution < -0.4 is 4.90 Å². The Morgan fingerprint density at radius 2 is 2.12 bits per heavy atom. The summed E-state index contributed by atoms with van der Waals surface area (Å²) in [4.78, 5) is 1.81. The molecule has 1 rings (SSSR count). The molecule has 0 heterocycles. The fourth-order valence-corrected chi connectivity index (χ4v) is 1.34. The van der Waals surface area contributed by atoms with E-state index in [-0.39, 0.29) is 11.6 Å². The predicted molar refractivity (Wildman–Crippen MR) is 59.2 cm³/mol. The number of nitriles is 2. The molecule has 1 aromatic rings. The number of halogens is 1. The van der Waals surface area contributed by atoms with E-state index in [0.29, 0.717) is 12.1 Å². The van der Waals surface area contributed by atoms with Crippen molar-refractivity contribution in [2.45, 2.75) is 19.4 Å². The quantitative estimate of drug-likeness (QED) is 0.781. The van der Waals surface area contributed by atoms with Gasteiger partial charge in [0, 0.05) is 18.8 Å². The van der Waals surface area contributed by atoms with Gasteiger partial charge in [-0.25, -0.2) is 4.39 Å². The first-order valence-electron chi connectivity index (χ1n) is 4.89. The summed E-state index contributed by atoms with van der Waals surface area (Å²) in [6, 6.07) is 8.28. The smallest absolute Gasteiger partial charge is 0.143 e. The Labute approximate surface area is 94.3 Å². The molecule has 1 atom stereocenters. The molecule has 0 radical (unpaired) electrons. The number of nitrogens with zero attached hydrogens (tertiary/aromatic N) is 3. The van der Waals surface area contributed by atoms with Gasteiger partial charge in [0.1, 0.15) is 11.9 Å². The van der Waals surface area contributed by atoms with Crippen LogP contribution in [0.2, 0.25) is 0 Å². The molecule has 0 aliphatic rings. The van der Waals surface area contributed by atoms with Crippen LogP contribution in [-0.4, -0.2) is 13.1 Å². The minimum atomic E-state index is -0.531. The monoisotopic (exact) mass is 217 g/mol. The summed E-state index contributed by atoms with van der Waals surface area (Å²) >= 11 is 0. The lowest BCUT2D eigenvalue weighted by atomic mass is 10.1. The molecule has 0 aliphatic heterocycles. The van der Waals surface area contributed by atoms with Crippen molar-refractivity contribution in [3.05, 3.63) is 29.6 Å². The molecule has 0 spiro atoms. The standard InChI is InChI=1S/C12H12FN3/c1-9(5-6-14)16(2)11-4-3-10(8-15)12(13)7-11/h3-4,7,9H,5H2,1-2H3. The van der Waals surface area contributed by atoms with Gasteiger partial charge in [0.05, 0.1) is 18.1 Å². The first-order valence-corrected chi connectivity index (χ1v) is 4.89. The molecule has 1 aromatic carbocycles. The van der Waals surface area contributed by atoms with Gasteiger partial charge >= 0.3 is 0 Å². The molecule has 0 saturated heterocycles. The molecule has 0 aromatic heterocycles. The number of hydrogen-bond acceptors (Lipinski definition) is 3. The molecular weight excluding hydrogens is 205 g/mol. The van der Waals surface area contributed by atoms with Crippen molar-refractivity contribution in [2.75, 3.05) is 11.9 Å². The zero-order valence-electron chi connectivity index (χ0n) is 9.24. The van der Waals surface area contributed by atoms with Gasteiger partial charge in [0.2, 0.25) is 0 Å². The Bertz CT molecular complexity index is 456. The summed E-state index contributed by atoms with van der Waals surface area (Å²) < 4.78 is 13.3. The topological polar surface area (TPSA) is 50.8 Å². The minimum absolute atomic E-state index is 0.0114. The zero-order valence-corrected chi connectivity index (χ0v) is 9.24. The first-order chi connectivity index (χ1) is 7.60. The normalized spacial score (nSPS) is 11.3. The van der Waals surface area contributed by atoms with Crippen LogP contribution in [0.1, 0.15) is 18.9 Å². The molecule has 0 fully saturated rings. The third kappa shape index (κ3) is 2.49. The van der Waals surface area contributed by atoms with E-state index in [4.69, 9.17) is 10.5 Å². The van der Waals surface area contributed by atoms with Crippen molar-refractivity contribution in [3.63, 3.8) is 0 Å². The van der Waals surface area contributed by atoms with Gasteiger partial charge in [-0.3, -0.25) is 0 Å². The summed E-state index contributed by atoms with van der Waals surface area (Å²) in [5.74, 6) is -0.531. The number of rotatable bonds is 3. The summed E-state index contributed by atoms with van der Waals surface area (Å²) in [5.41, 5.74) is 0.698. The Balaban J connectivity index is 2.94. The van der Waals surface area contributed by atoms with Crippen LogP contribution in [-0.2, 0) is 0 Å². The fourth-order valence-electron chi connectivity index (χ4n) is 1.34. The van der Waals surface area contributed by atoms with Crippen molar-refractivity contribution in [1.82, 2.24) is 0 Å². The molecule has 0 amide bonds. The van der Waals surface area contributed by atoms with Gasteiger partial charge < -0.3 is 4.90 Å². The van der Waals surface area contributed by atoms with Crippen LogP contribution in [0.15, 0.2) is 18.2 Å². The highest BCUT2D eigenvalue weighted by molar-refractivity contribution is 5.50. The van der Waals surface area contributed by atoms with Crippen LogP contribution >= 0.6 is 0 Å². The van der Waals surface area contributed by atoms with E-state index >= 15 is 0 Å². The van der Waals surface area contributed by atoms with Crippen molar-refractivity contribution in [1.29, 1.82) is 10.5 Å². The van der Waals surface area contributed by atoms with E-state index in [9.17, 15) is 4.39 Å². The van der Waals surface area contributed by atoms with Crippen molar-refractivity contribution in [3.8, 4) is 12.1 Å². The third-order valence-corrected chi connectivity index (χ3v) is 2.53. The number of anilines is 1. The summed E-state index contributed by atoms with van der Waals surface area (Å²) in [6.07, 6.45) is 0.373. The van der Waals surface area contributed by atoms with Crippen LogP contribution in [0.4, 0.5) is 10.1 Å². The van der Waals surface area contributed by atoms with E-state index in [1.807, 2.05) is 11.8 Å². The SMILES string of the molecule is CC(CC#N)N(C)c1ccc(C#N)c(F)c1. The largest absolute Gasteiger partial charge is 0.371 e. The highest BCUT2D eigenvalue weighted by Crippen LogP contribution is 2.19. The van der Waals surface area contributed by atoms with Crippen molar-refractivity contribution >= 4 is 5.69 Å². The van der Waals surface area contributed by atoms with E-state index in [0.717, 1.165) is 0 Å². The Morgan fingerprint density at radius 3 is 2.62 bits per heavy atom. The fraction of sp³-hybridized carbons (Fsp3) is 0.333. The molecule has 4 heteroatoms. The Morgan fingerprint density at radius 1 is 1.44 bits per heavy atom.